The van der Waals surface area contributed by atoms with Gasteiger partial charge in [0.25, 0.3) is 0 Å². The van der Waals surface area contributed by atoms with Crippen molar-refractivity contribution in [3.8, 4) is 5.75 Å². The molecule has 1 aromatic carbocycles. The second-order valence-electron chi connectivity index (χ2n) is 5.25. The molecule has 0 spiro atoms. The Bertz CT molecular complexity index is 619. The molecule has 0 amide bonds. The van der Waals surface area contributed by atoms with Gasteiger partial charge in [-0.05, 0) is 48.7 Å². The molecule has 4 nitrogen and oxygen atoms in total. The van der Waals surface area contributed by atoms with E-state index in [-0.39, 0.29) is 6.04 Å². The van der Waals surface area contributed by atoms with E-state index in [2.05, 4.69) is 34.7 Å². The average Bonchev–Trinajstić information content (AvgIpc) is 2.86. The number of benzene rings is 1. The lowest BCUT2D eigenvalue weighted by Gasteiger charge is -2.18. The molecule has 0 bridgehead atoms. The van der Waals surface area contributed by atoms with Crippen LogP contribution in [0.4, 0.5) is 0 Å². The first-order valence-corrected chi connectivity index (χ1v) is 6.84. The van der Waals surface area contributed by atoms with E-state index in [0.717, 1.165) is 41.3 Å². The normalized spacial score (nSPS) is 14.8. The van der Waals surface area contributed by atoms with Crippen LogP contribution in [0.15, 0.2) is 30.3 Å². The SMILES string of the molecule is Cc1cc(C(NN)c2ccc3c(c2)CCO3)cc(C)n1. The highest BCUT2D eigenvalue weighted by atomic mass is 16.5. The molecule has 104 valence electrons. The summed E-state index contributed by atoms with van der Waals surface area (Å²) in [6.07, 6.45) is 0.967. The highest BCUT2D eigenvalue weighted by Gasteiger charge is 2.18. The van der Waals surface area contributed by atoms with Crippen LogP contribution in [0.5, 0.6) is 5.75 Å². The monoisotopic (exact) mass is 269 g/mol. The van der Waals surface area contributed by atoms with E-state index in [4.69, 9.17) is 10.6 Å². The maximum Gasteiger partial charge on any atom is 0.122 e. The van der Waals surface area contributed by atoms with Crippen LogP contribution >= 0.6 is 0 Å². The van der Waals surface area contributed by atoms with Crippen molar-refractivity contribution in [1.82, 2.24) is 10.4 Å². The number of nitrogens with two attached hydrogens (primary N) is 1. The average molecular weight is 269 g/mol. The molecule has 4 heteroatoms. The van der Waals surface area contributed by atoms with Crippen LogP contribution in [0, 0.1) is 13.8 Å². The Hall–Kier alpha value is -1.91. The van der Waals surface area contributed by atoms with Crippen LogP contribution in [0.2, 0.25) is 0 Å². The maximum absolute atomic E-state index is 5.78. The van der Waals surface area contributed by atoms with Gasteiger partial charge in [0.1, 0.15) is 5.75 Å². The smallest absolute Gasteiger partial charge is 0.122 e. The minimum atomic E-state index is -0.0266. The number of nitrogens with one attached hydrogen (secondary N) is 1. The number of nitrogens with zero attached hydrogens (tertiary/aromatic N) is 1. The predicted molar refractivity (Wildman–Crippen MR) is 78.5 cm³/mol. The quantitative estimate of drug-likeness (QED) is 0.662. The first kappa shape index (κ1) is 13.1. The molecule has 1 aliphatic rings. The highest BCUT2D eigenvalue weighted by molar-refractivity contribution is 5.43. The van der Waals surface area contributed by atoms with Crippen LogP contribution in [-0.2, 0) is 6.42 Å². The van der Waals surface area contributed by atoms with Crippen LogP contribution in [-0.4, -0.2) is 11.6 Å². The molecular weight excluding hydrogens is 250 g/mol. The summed E-state index contributed by atoms with van der Waals surface area (Å²) in [4.78, 5) is 4.41. The number of hydrogen-bond acceptors (Lipinski definition) is 4. The number of fused-ring (bicyclic) bond motifs is 1. The van der Waals surface area contributed by atoms with Crippen molar-refractivity contribution in [2.24, 2.45) is 5.84 Å². The van der Waals surface area contributed by atoms with Crippen molar-refractivity contribution in [3.63, 3.8) is 0 Å². The fourth-order valence-corrected chi connectivity index (χ4v) is 2.80. The third-order valence-electron chi connectivity index (χ3n) is 3.65. The largest absolute Gasteiger partial charge is 0.493 e. The molecule has 1 atom stereocenters. The molecule has 2 aromatic rings. The number of aryl methyl sites for hydroxylation is 2. The van der Waals surface area contributed by atoms with Crippen molar-refractivity contribution < 1.29 is 4.74 Å². The Balaban J connectivity index is 2.01. The summed E-state index contributed by atoms with van der Waals surface area (Å²) in [6.45, 7) is 4.77. The van der Waals surface area contributed by atoms with Gasteiger partial charge >= 0.3 is 0 Å². The van der Waals surface area contributed by atoms with E-state index >= 15 is 0 Å². The summed E-state index contributed by atoms with van der Waals surface area (Å²) < 4.78 is 5.55. The van der Waals surface area contributed by atoms with E-state index in [1.807, 2.05) is 19.9 Å². The van der Waals surface area contributed by atoms with E-state index in [1.165, 1.54) is 5.56 Å². The van der Waals surface area contributed by atoms with E-state index in [1.54, 1.807) is 0 Å². The number of aromatic nitrogens is 1. The lowest BCUT2D eigenvalue weighted by atomic mass is 9.96. The third kappa shape index (κ3) is 2.40. The van der Waals surface area contributed by atoms with Crippen molar-refractivity contribution in [1.29, 1.82) is 0 Å². The van der Waals surface area contributed by atoms with Gasteiger partial charge in [0.05, 0.1) is 12.6 Å². The summed E-state index contributed by atoms with van der Waals surface area (Å²) in [5.41, 5.74) is 8.47. The molecule has 2 heterocycles. The fourth-order valence-electron chi connectivity index (χ4n) is 2.80. The Morgan fingerprint density at radius 2 is 1.90 bits per heavy atom. The molecule has 1 unspecified atom stereocenters. The molecule has 3 N–H and O–H groups in total. The Labute approximate surface area is 119 Å². The third-order valence-corrected chi connectivity index (χ3v) is 3.65. The van der Waals surface area contributed by atoms with Gasteiger partial charge in [-0.2, -0.15) is 0 Å². The van der Waals surface area contributed by atoms with E-state index in [0.29, 0.717) is 0 Å². The first-order valence-electron chi connectivity index (χ1n) is 6.84. The van der Waals surface area contributed by atoms with Gasteiger partial charge in [0.15, 0.2) is 0 Å². The molecule has 0 aliphatic carbocycles. The zero-order valence-corrected chi connectivity index (χ0v) is 11.8. The number of hydrazine groups is 1. The van der Waals surface area contributed by atoms with Gasteiger partial charge in [0.2, 0.25) is 0 Å². The second-order valence-corrected chi connectivity index (χ2v) is 5.25. The van der Waals surface area contributed by atoms with Gasteiger partial charge in [-0.3, -0.25) is 10.8 Å². The number of hydrogen-bond donors (Lipinski definition) is 2. The summed E-state index contributed by atoms with van der Waals surface area (Å²) >= 11 is 0. The molecular formula is C16H19N3O. The highest BCUT2D eigenvalue weighted by Crippen LogP contribution is 2.30. The standard InChI is InChI=1S/C16H19N3O/c1-10-7-14(8-11(2)18-10)16(19-17)13-3-4-15-12(9-13)5-6-20-15/h3-4,7-9,16,19H,5-6,17H2,1-2H3. The maximum atomic E-state index is 5.78. The fraction of sp³-hybridized carbons (Fsp3) is 0.312. The molecule has 20 heavy (non-hydrogen) atoms. The number of pyridine rings is 1. The zero-order valence-electron chi connectivity index (χ0n) is 11.8. The molecule has 0 saturated heterocycles. The van der Waals surface area contributed by atoms with Gasteiger partial charge in [-0.1, -0.05) is 12.1 Å². The lowest BCUT2D eigenvalue weighted by Crippen LogP contribution is -2.29. The Morgan fingerprint density at radius 3 is 2.60 bits per heavy atom. The Morgan fingerprint density at radius 1 is 1.15 bits per heavy atom. The second kappa shape index (κ2) is 5.23. The molecule has 0 radical (unpaired) electrons. The molecule has 1 aromatic heterocycles. The number of rotatable bonds is 3. The van der Waals surface area contributed by atoms with Gasteiger partial charge in [-0.15, -0.1) is 0 Å². The molecule has 0 fully saturated rings. The van der Waals surface area contributed by atoms with E-state index < -0.39 is 0 Å². The molecule has 1 aliphatic heterocycles. The lowest BCUT2D eigenvalue weighted by molar-refractivity contribution is 0.357. The summed E-state index contributed by atoms with van der Waals surface area (Å²) in [7, 11) is 0. The van der Waals surface area contributed by atoms with Crippen LogP contribution in [0.1, 0.15) is 34.1 Å². The van der Waals surface area contributed by atoms with Crippen molar-refractivity contribution >= 4 is 0 Å². The molecule has 0 saturated carbocycles. The van der Waals surface area contributed by atoms with Gasteiger partial charge in [0, 0.05) is 17.8 Å². The summed E-state index contributed by atoms with van der Waals surface area (Å²) in [5, 5.41) is 0. The minimum Gasteiger partial charge on any atom is -0.493 e. The van der Waals surface area contributed by atoms with Crippen molar-refractivity contribution in [2.45, 2.75) is 26.3 Å². The van der Waals surface area contributed by atoms with Crippen LogP contribution < -0.4 is 16.0 Å². The van der Waals surface area contributed by atoms with Crippen molar-refractivity contribution in [2.75, 3.05) is 6.61 Å². The van der Waals surface area contributed by atoms with E-state index in [9.17, 15) is 0 Å². The first-order chi connectivity index (χ1) is 9.67. The van der Waals surface area contributed by atoms with Crippen LogP contribution in [0.25, 0.3) is 0 Å². The van der Waals surface area contributed by atoms with Crippen LogP contribution in [0.3, 0.4) is 0 Å². The van der Waals surface area contributed by atoms with Gasteiger partial charge in [-0.25, -0.2) is 5.43 Å². The summed E-state index contributed by atoms with van der Waals surface area (Å²) in [5.74, 6) is 6.77. The molecule has 3 rings (SSSR count). The Kier molecular flexibility index (Phi) is 3.42. The predicted octanol–water partition coefficient (Wildman–Crippen LogP) is 2.19. The minimum absolute atomic E-state index is 0.0266. The van der Waals surface area contributed by atoms with Crippen molar-refractivity contribution in [3.05, 3.63) is 58.4 Å². The van der Waals surface area contributed by atoms with Gasteiger partial charge < -0.3 is 4.74 Å². The number of ether oxygens (including phenoxy) is 1. The zero-order chi connectivity index (χ0) is 14.1. The topological polar surface area (TPSA) is 60.2 Å². The summed E-state index contributed by atoms with van der Waals surface area (Å²) in [6, 6.07) is 10.4.